The number of amides is 1. The van der Waals surface area contributed by atoms with Crippen molar-refractivity contribution in [1.82, 2.24) is 0 Å². The Morgan fingerprint density at radius 2 is 2.05 bits per heavy atom. The van der Waals surface area contributed by atoms with E-state index in [0.717, 1.165) is 6.42 Å². The van der Waals surface area contributed by atoms with Crippen LogP contribution >= 0.6 is 0 Å². The van der Waals surface area contributed by atoms with Gasteiger partial charge in [0.25, 0.3) is 0 Å². The monoisotopic (exact) mass is 305 g/mol. The third kappa shape index (κ3) is 3.44. The molecule has 6 heteroatoms. The first-order valence-electron chi connectivity index (χ1n) is 7.26. The Balaban J connectivity index is 2.28. The molecule has 22 heavy (non-hydrogen) atoms. The summed E-state index contributed by atoms with van der Waals surface area (Å²) in [4.78, 5) is 36.0. The number of carbonyl (C=O) groups excluding carboxylic acids is 2. The molecule has 1 N–H and O–H groups in total. The highest BCUT2D eigenvalue weighted by Gasteiger charge is 2.28. The molecule has 0 fully saturated rings. The maximum absolute atomic E-state index is 12.0. The second-order valence-corrected chi connectivity index (χ2v) is 5.28. The van der Waals surface area contributed by atoms with Crippen LogP contribution in [0.4, 0.5) is 5.69 Å². The molecule has 0 radical (unpaired) electrons. The van der Waals surface area contributed by atoms with Gasteiger partial charge in [-0.2, -0.15) is 0 Å². The van der Waals surface area contributed by atoms with Gasteiger partial charge in [0.05, 0.1) is 18.7 Å². The topological polar surface area (TPSA) is 83.9 Å². The molecule has 1 aromatic rings. The van der Waals surface area contributed by atoms with Crippen molar-refractivity contribution in [1.29, 1.82) is 0 Å². The maximum Gasteiger partial charge on any atom is 0.303 e. The highest BCUT2D eigenvalue weighted by Crippen LogP contribution is 2.35. The van der Waals surface area contributed by atoms with Crippen molar-refractivity contribution in [2.24, 2.45) is 0 Å². The third-order valence-electron chi connectivity index (χ3n) is 3.65. The lowest BCUT2D eigenvalue weighted by atomic mass is 10.0. The molecular weight excluding hydrogens is 286 g/mol. The lowest BCUT2D eigenvalue weighted by Crippen LogP contribution is -2.42. The molecule has 2 rings (SSSR count). The number of fused-ring (bicyclic) bond motifs is 1. The molecule has 0 saturated heterocycles. The van der Waals surface area contributed by atoms with Gasteiger partial charge in [-0.1, -0.05) is 6.92 Å². The van der Waals surface area contributed by atoms with Crippen LogP contribution in [-0.4, -0.2) is 35.4 Å². The number of ether oxygens (including phenoxy) is 1. The zero-order chi connectivity index (χ0) is 16.3. The molecule has 1 unspecified atom stereocenters. The quantitative estimate of drug-likeness (QED) is 0.844. The molecule has 1 aliphatic heterocycles. The number of Topliss-reactive ketones (excluding diaryl/α,β-unsaturated/α-hetero) is 1. The molecule has 0 aromatic heterocycles. The average Bonchev–Trinajstić information content (AvgIpc) is 2.50. The lowest BCUT2D eigenvalue weighted by Gasteiger charge is -2.34. The summed E-state index contributed by atoms with van der Waals surface area (Å²) in [7, 11) is 0. The summed E-state index contributed by atoms with van der Waals surface area (Å²) < 4.78 is 5.80. The Hall–Kier alpha value is -2.37. The summed E-state index contributed by atoms with van der Waals surface area (Å²) in [6, 6.07) is 4.88. The van der Waals surface area contributed by atoms with Gasteiger partial charge < -0.3 is 14.7 Å². The molecule has 1 atom stereocenters. The Morgan fingerprint density at radius 3 is 2.64 bits per heavy atom. The number of benzene rings is 1. The van der Waals surface area contributed by atoms with Crippen LogP contribution in [0.3, 0.4) is 0 Å². The number of aliphatic carboxylic acids is 1. The Kier molecular flexibility index (Phi) is 4.80. The predicted octanol–water partition coefficient (Wildman–Crippen LogP) is 2.26. The van der Waals surface area contributed by atoms with Gasteiger partial charge in [-0.15, -0.1) is 0 Å². The molecule has 1 amide bonds. The van der Waals surface area contributed by atoms with E-state index in [2.05, 4.69) is 0 Å². The van der Waals surface area contributed by atoms with E-state index >= 15 is 0 Å². The van der Waals surface area contributed by atoms with E-state index in [0.29, 0.717) is 23.5 Å². The van der Waals surface area contributed by atoms with Gasteiger partial charge in [0.2, 0.25) is 5.91 Å². The number of carbonyl (C=O) groups is 3. The van der Waals surface area contributed by atoms with Gasteiger partial charge in [0.15, 0.2) is 5.78 Å². The fraction of sp³-hybridized carbons (Fsp3) is 0.438. The van der Waals surface area contributed by atoms with E-state index in [1.165, 1.54) is 6.92 Å². The highest BCUT2D eigenvalue weighted by molar-refractivity contribution is 6.01. The molecule has 1 aromatic carbocycles. The average molecular weight is 305 g/mol. The van der Waals surface area contributed by atoms with Gasteiger partial charge in [-0.3, -0.25) is 14.4 Å². The highest BCUT2D eigenvalue weighted by atomic mass is 16.5. The first-order valence-corrected chi connectivity index (χ1v) is 7.26. The van der Waals surface area contributed by atoms with Crippen LogP contribution in [0.5, 0.6) is 5.75 Å². The largest absolute Gasteiger partial charge is 0.486 e. The standard InChI is InChI=1S/C16H19NO5/c1-3-12-9-17(10(2)18)13-8-11(4-6-15(13)22-12)14(19)5-7-16(20)21/h4,6,8,12H,3,5,7,9H2,1-2H3,(H,20,21). The lowest BCUT2D eigenvalue weighted by molar-refractivity contribution is -0.137. The summed E-state index contributed by atoms with van der Waals surface area (Å²) in [6.07, 6.45) is 0.445. The molecule has 1 heterocycles. The number of nitrogens with zero attached hydrogens (tertiary/aromatic N) is 1. The van der Waals surface area contributed by atoms with Gasteiger partial charge in [0, 0.05) is 18.9 Å². The molecule has 118 valence electrons. The summed E-state index contributed by atoms with van der Waals surface area (Å²) >= 11 is 0. The van der Waals surface area contributed by atoms with E-state index in [9.17, 15) is 14.4 Å². The van der Waals surface area contributed by atoms with E-state index in [-0.39, 0.29) is 30.6 Å². The Bertz CT molecular complexity index is 611. The van der Waals surface area contributed by atoms with Crippen molar-refractivity contribution in [2.75, 3.05) is 11.4 Å². The van der Waals surface area contributed by atoms with Crippen LogP contribution in [0.15, 0.2) is 18.2 Å². The van der Waals surface area contributed by atoms with E-state index in [4.69, 9.17) is 9.84 Å². The van der Waals surface area contributed by atoms with E-state index < -0.39 is 5.97 Å². The third-order valence-corrected chi connectivity index (χ3v) is 3.65. The van der Waals surface area contributed by atoms with Crippen LogP contribution in [0.25, 0.3) is 0 Å². The summed E-state index contributed by atoms with van der Waals surface area (Å²) in [5.74, 6) is -0.807. The number of carboxylic acids is 1. The Morgan fingerprint density at radius 1 is 1.32 bits per heavy atom. The predicted molar refractivity (Wildman–Crippen MR) is 80.4 cm³/mol. The number of hydrogen-bond acceptors (Lipinski definition) is 4. The van der Waals surface area contributed by atoms with Crippen LogP contribution in [0, 0.1) is 0 Å². The molecular formula is C16H19NO5. The normalized spacial score (nSPS) is 16.6. The second-order valence-electron chi connectivity index (χ2n) is 5.28. The SMILES string of the molecule is CCC1CN(C(C)=O)c2cc(C(=O)CCC(=O)O)ccc2O1. The van der Waals surface area contributed by atoms with Crippen LogP contribution in [0.1, 0.15) is 43.5 Å². The van der Waals surface area contributed by atoms with Gasteiger partial charge in [-0.25, -0.2) is 0 Å². The molecule has 0 saturated carbocycles. The molecule has 0 aliphatic carbocycles. The smallest absolute Gasteiger partial charge is 0.303 e. The van der Waals surface area contributed by atoms with Crippen LogP contribution in [-0.2, 0) is 9.59 Å². The number of anilines is 1. The van der Waals surface area contributed by atoms with Crippen molar-refractivity contribution >= 4 is 23.3 Å². The molecule has 0 bridgehead atoms. The van der Waals surface area contributed by atoms with Crippen molar-refractivity contribution in [3.63, 3.8) is 0 Å². The molecule has 1 aliphatic rings. The fourth-order valence-corrected chi connectivity index (χ4v) is 2.40. The summed E-state index contributed by atoms with van der Waals surface area (Å²) in [5, 5.41) is 8.65. The maximum atomic E-state index is 12.0. The van der Waals surface area contributed by atoms with Crippen molar-refractivity contribution in [2.45, 2.75) is 39.2 Å². The number of hydrogen-bond donors (Lipinski definition) is 1. The fourth-order valence-electron chi connectivity index (χ4n) is 2.40. The first-order chi connectivity index (χ1) is 10.4. The molecule has 0 spiro atoms. The number of rotatable bonds is 5. The van der Waals surface area contributed by atoms with E-state index in [1.807, 2.05) is 6.92 Å². The van der Waals surface area contributed by atoms with Gasteiger partial charge in [-0.05, 0) is 24.6 Å². The minimum absolute atomic E-state index is 0.0629. The van der Waals surface area contributed by atoms with Crippen molar-refractivity contribution in [3.8, 4) is 5.75 Å². The first kappa shape index (κ1) is 16.0. The summed E-state index contributed by atoms with van der Waals surface area (Å²) in [5.41, 5.74) is 0.961. The summed E-state index contributed by atoms with van der Waals surface area (Å²) in [6.45, 7) is 3.91. The number of carboxylic acid groups (broad SMARTS) is 1. The Labute approximate surface area is 128 Å². The minimum atomic E-state index is -1.01. The second kappa shape index (κ2) is 6.60. The zero-order valence-corrected chi connectivity index (χ0v) is 12.7. The van der Waals surface area contributed by atoms with Crippen LogP contribution < -0.4 is 9.64 Å². The minimum Gasteiger partial charge on any atom is -0.486 e. The van der Waals surface area contributed by atoms with Crippen LogP contribution in [0.2, 0.25) is 0 Å². The van der Waals surface area contributed by atoms with Crippen molar-refractivity contribution in [3.05, 3.63) is 23.8 Å². The van der Waals surface area contributed by atoms with Crippen molar-refractivity contribution < 1.29 is 24.2 Å². The van der Waals surface area contributed by atoms with Gasteiger partial charge >= 0.3 is 5.97 Å². The zero-order valence-electron chi connectivity index (χ0n) is 12.7. The van der Waals surface area contributed by atoms with Gasteiger partial charge in [0.1, 0.15) is 11.9 Å². The van der Waals surface area contributed by atoms with E-state index in [1.54, 1.807) is 23.1 Å². The molecule has 6 nitrogen and oxygen atoms in total. The number of ketones is 1.